The average molecular weight is 271 g/mol. The zero-order chi connectivity index (χ0) is 14.3. The Balaban J connectivity index is 2.59. The van der Waals surface area contributed by atoms with Crippen LogP contribution in [-0.4, -0.2) is 37.9 Å². The highest BCUT2D eigenvalue weighted by molar-refractivity contribution is 5.82. The summed E-state index contributed by atoms with van der Waals surface area (Å²) in [6, 6.07) is 0. The minimum Gasteiger partial charge on any atom is -0.465 e. The highest BCUT2D eigenvalue weighted by Gasteiger charge is 2.51. The molecule has 0 saturated heterocycles. The molecule has 1 aliphatic rings. The largest absolute Gasteiger partial charge is 0.465 e. The first-order valence-electron chi connectivity index (χ1n) is 7.56. The minimum atomic E-state index is -0.623. The molecule has 0 heterocycles. The van der Waals surface area contributed by atoms with E-state index in [1.165, 1.54) is 0 Å². The van der Waals surface area contributed by atoms with Crippen molar-refractivity contribution in [2.45, 2.75) is 52.5 Å². The zero-order valence-corrected chi connectivity index (χ0v) is 12.8. The van der Waals surface area contributed by atoms with Crippen LogP contribution in [0.1, 0.15) is 47.0 Å². The maximum atomic E-state index is 12.3. The molecule has 1 saturated carbocycles. The second-order valence-electron chi connectivity index (χ2n) is 5.73. The van der Waals surface area contributed by atoms with Crippen LogP contribution < -0.4 is 5.32 Å². The Labute approximate surface area is 117 Å². The molecule has 0 amide bonds. The van der Waals surface area contributed by atoms with Gasteiger partial charge < -0.3 is 9.47 Å². The molecule has 1 aliphatic carbocycles. The van der Waals surface area contributed by atoms with Crippen molar-refractivity contribution >= 4 is 5.97 Å². The minimum absolute atomic E-state index is 0.149. The van der Waals surface area contributed by atoms with Gasteiger partial charge in [-0.15, -0.1) is 0 Å². The predicted molar refractivity (Wildman–Crippen MR) is 76.0 cm³/mol. The van der Waals surface area contributed by atoms with Gasteiger partial charge in [-0.05, 0) is 44.6 Å². The molecule has 19 heavy (non-hydrogen) atoms. The van der Waals surface area contributed by atoms with Gasteiger partial charge in [-0.1, -0.05) is 20.8 Å². The van der Waals surface area contributed by atoms with E-state index < -0.39 is 5.54 Å². The summed E-state index contributed by atoms with van der Waals surface area (Å²) < 4.78 is 11.0. The molecule has 0 radical (unpaired) electrons. The molecule has 4 nitrogen and oxygen atoms in total. The number of hydrogen-bond donors (Lipinski definition) is 1. The zero-order valence-electron chi connectivity index (χ0n) is 12.8. The van der Waals surface area contributed by atoms with Crippen molar-refractivity contribution in [2.75, 3.05) is 26.4 Å². The van der Waals surface area contributed by atoms with Gasteiger partial charge in [0, 0.05) is 6.61 Å². The Morgan fingerprint density at radius 3 is 2.53 bits per heavy atom. The Morgan fingerprint density at radius 1 is 1.37 bits per heavy atom. The van der Waals surface area contributed by atoms with Crippen molar-refractivity contribution in [2.24, 2.45) is 11.8 Å². The summed E-state index contributed by atoms with van der Waals surface area (Å²) in [6.45, 7) is 10.5. The Kier molecular flexibility index (Phi) is 6.80. The normalized spacial score (nSPS) is 18.4. The molecule has 1 rings (SSSR count). The van der Waals surface area contributed by atoms with Crippen LogP contribution in [0.5, 0.6) is 0 Å². The van der Waals surface area contributed by atoms with Crippen molar-refractivity contribution in [3.05, 3.63) is 0 Å². The second-order valence-corrected chi connectivity index (χ2v) is 5.73. The van der Waals surface area contributed by atoms with E-state index in [0.717, 1.165) is 25.8 Å². The van der Waals surface area contributed by atoms with E-state index in [-0.39, 0.29) is 5.97 Å². The fraction of sp³-hybridized carbons (Fsp3) is 0.933. The van der Waals surface area contributed by atoms with E-state index in [9.17, 15) is 4.79 Å². The average Bonchev–Trinajstić information content (AvgIpc) is 3.17. The molecule has 0 spiro atoms. The Morgan fingerprint density at radius 2 is 2.05 bits per heavy atom. The maximum absolute atomic E-state index is 12.3. The van der Waals surface area contributed by atoms with Crippen LogP contribution in [0.4, 0.5) is 0 Å². The smallest absolute Gasteiger partial charge is 0.329 e. The summed E-state index contributed by atoms with van der Waals surface area (Å²) in [7, 11) is 0. The highest BCUT2D eigenvalue weighted by atomic mass is 16.5. The third kappa shape index (κ3) is 4.77. The summed E-state index contributed by atoms with van der Waals surface area (Å²) in [5, 5.41) is 3.33. The number of likely N-dealkylation sites (N-methyl/N-ethyl adjacent to an activating group) is 1. The summed E-state index contributed by atoms with van der Waals surface area (Å²) in [6.07, 6.45) is 3.19. The quantitative estimate of drug-likeness (QED) is 0.489. The van der Waals surface area contributed by atoms with Crippen LogP contribution in [0.15, 0.2) is 0 Å². The Hall–Kier alpha value is -0.610. The lowest BCUT2D eigenvalue weighted by molar-refractivity contribution is -0.155. The van der Waals surface area contributed by atoms with Crippen LogP contribution >= 0.6 is 0 Å². The monoisotopic (exact) mass is 271 g/mol. The van der Waals surface area contributed by atoms with Gasteiger partial charge in [0.1, 0.15) is 5.54 Å². The lowest BCUT2D eigenvalue weighted by atomic mass is 9.94. The second kappa shape index (κ2) is 7.85. The van der Waals surface area contributed by atoms with Gasteiger partial charge in [-0.3, -0.25) is 5.32 Å². The standard InChI is InChI=1S/C15H29NO3/c1-5-16-15(13-7-8-13,14(17)19-6-2)11-18-10-9-12(3)4/h12-13,16H,5-11H2,1-4H3. The number of rotatable bonds is 10. The first-order chi connectivity index (χ1) is 9.06. The van der Waals surface area contributed by atoms with Gasteiger partial charge in [0.15, 0.2) is 0 Å². The topological polar surface area (TPSA) is 47.6 Å². The lowest BCUT2D eigenvalue weighted by Crippen LogP contribution is -2.58. The molecule has 0 aliphatic heterocycles. The van der Waals surface area contributed by atoms with Gasteiger partial charge in [-0.25, -0.2) is 4.79 Å². The van der Waals surface area contributed by atoms with E-state index in [1.54, 1.807) is 0 Å². The summed E-state index contributed by atoms with van der Waals surface area (Å²) >= 11 is 0. The van der Waals surface area contributed by atoms with Crippen LogP contribution in [0.3, 0.4) is 0 Å². The van der Waals surface area contributed by atoms with Gasteiger partial charge in [0.25, 0.3) is 0 Å². The van der Waals surface area contributed by atoms with Crippen LogP contribution in [-0.2, 0) is 14.3 Å². The van der Waals surface area contributed by atoms with Crippen molar-refractivity contribution in [1.29, 1.82) is 0 Å². The number of carbonyl (C=O) groups excluding carboxylic acids is 1. The molecule has 0 bridgehead atoms. The molecule has 1 fully saturated rings. The molecular weight excluding hydrogens is 242 g/mol. The SMILES string of the molecule is CCNC(COCCC(C)C)(C(=O)OCC)C1CC1. The third-order valence-electron chi connectivity index (χ3n) is 3.58. The van der Waals surface area contributed by atoms with Gasteiger partial charge in [-0.2, -0.15) is 0 Å². The molecule has 0 aromatic rings. The fourth-order valence-electron chi connectivity index (χ4n) is 2.31. The Bertz CT molecular complexity index is 277. The molecule has 1 N–H and O–H groups in total. The van der Waals surface area contributed by atoms with Crippen LogP contribution in [0, 0.1) is 11.8 Å². The molecule has 0 aromatic carbocycles. The fourth-order valence-corrected chi connectivity index (χ4v) is 2.31. The predicted octanol–water partition coefficient (Wildman–Crippen LogP) is 2.37. The number of ether oxygens (including phenoxy) is 2. The molecule has 112 valence electrons. The van der Waals surface area contributed by atoms with E-state index in [2.05, 4.69) is 19.2 Å². The first kappa shape index (κ1) is 16.4. The third-order valence-corrected chi connectivity index (χ3v) is 3.58. The van der Waals surface area contributed by atoms with Crippen LogP contribution in [0.2, 0.25) is 0 Å². The maximum Gasteiger partial charge on any atom is 0.329 e. The van der Waals surface area contributed by atoms with Gasteiger partial charge in [0.2, 0.25) is 0 Å². The van der Waals surface area contributed by atoms with Gasteiger partial charge >= 0.3 is 5.97 Å². The van der Waals surface area contributed by atoms with Crippen molar-refractivity contribution in [3.8, 4) is 0 Å². The molecule has 0 aromatic heterocycles. The molecular formula is C15H29NO3. The molecule has 1 unspecified atom stereocenters. The summed E-state index contributed by atoms with van der Waals surface area (Å²) in [5.74, 6) is 0.839. The molecule has 4 heteroatoms. The molecule has 1 atom stereocenters. The number of esters is 1. The van der Waals surface area contributed by atoms with Crippen molar-refractivity contribution < 1.29 is 14.3 Å². The van der Waals surface area contributed by atoms with Gasteiger partial charge in [0.05, 0.1) is 13.2 Å². The number of hydrogen-bond acceptors (Lipinski definition) is 4. The van der Waals surface area contributed by atoms with E-state index in [0.29, 0.717) is 31.7 Å². The van der Waals surface area contributed by atoms with E-state index in [1.807, 2.05) is 13.8 Å². The van der Waals surface area contributed by atoms with E-state index >= 15 is 0 Å². The summed E-state index contributed by atoms with van der Waals surface area (Å²) in [4.78, 5) is 12.3. The highest BCUT2D eigenvalue weighted by Crippen LogP contribution is 2.40. The lowest BCUT2D eigenvalue weighted by Gasteiger charge is -2.32. The number of nitrogens with one attached hydrogen (secondary N) is 1. The van der Waals surface area contributed by atoms with E-state index in [4.69, 9.17) is 9.47 Å². The number of carbonyl (C=O) groups is 1. The summed E-state index contributed by atoms with van der Waals surface area (Å²) in [5.41, 5.74) is -0.623. The van der Waals surface area contributed by atoms with Crippen molar-refractivity contribution in [3.63, 3.8) is 0 Å². The first-order valence-corrected chi connectivity index (χ1v) is 7.56. The van der Waals surface area contributed by atoms with Crippen molar-refractivity contribution in [1.82, 2.24) is 5.32 Å². The van der Waals surface area contributed by atoms with Crippen LogP contribution in [0.25, 0.3) is 0 Å².